The molecule has 1 unspecified atom stereocenters. The van der Waals surface area contributed by atoms with Gasteiger partial charge in [0.2, 0.25) is 0 Å². The second kappa shape index (κ2) is 7.66. The molecule has 1 amide bonds. The number of hydrogen-bond donors (Lipinski definition) is 2. The molecule has 5 nitrogen and oxygen atoms in total. The molecule has 0 bridgehead atoms. The molecule has 0 fully saturated rings. The second-order valence-electron chi connectivity index (χ2n) is 8.18. The molecule has 2 N–H and O–H groups in total. The quantitative estimate of drug-likeness (QED) is 0.604. The number of phenolic OH excluding ortho intramolecular Hbond substituents is 1. The molecular formula is C23H29N3O2. The highest BCUT2D eigenvalue weighted by atomic mass is 16.3. The summed E-state index contributed by atoms with van der Waals surface area (Å²) in [5, 5.41) is 13.5. The molecule has 1 heterocycles. The van der Waals surface area contributed by atoms with Crippen LogP contribution in [0.3, 0.4) is 0 Å². The molecular weight excluding hydrogens is 350 g/mol. The smallest absolute Gasteiger partial charge is 0.271 e. The summed E-state index contributed by atoms with van der Waals surface area (Å²) < 4.78 is 0. The fourth-order valence-electron chi connectivity index (χ4n) is 4.23. The Morgan fingerprint density at radius 1 is 1.32 bits per heavy atom. The van der Waals surface area contributed by atoms with Crippen molar-refractivity contribution in [3.05, 3.63) is 58.7 Å². The van der Waals surface area contributed by atoms with E-state index in [0.29, 0.717) is 11.5 Å². The summed E-state index contributed by atoms with van der Waals surface area (Å²) in [6.45, 7) is 12.1. The zero-order valence-electron chi connectivity index (χ0n) is 17.3. The highest BCUT2D eigenvalue weighted by Crippen LogP contribution is 2.43. The summed E-state index contributed by atoms with van der Waals surface area (Å²) in [4.78, 5) is 14.6. The lowest BCUT2D eigenvalue weighted by atomic mass is 9.79. The number of aromatic hydroxyl groups is 1. The number of carbonyl (C=O) groups is 1. The number of nitrogens with one attached hydrogen (secondary N) is 1. The van der Waals surface area contributed by atoms with Gasteiger partial charge in [0.05, 0.1) is 6.21 Å². The van der Waals surface area contributed by atoms with Crippen molar-refractivity contribution in [3.8, 4) is 5.75 Å². The van der Waals surface area contributed by atoms with Crippen LogP contribution in [0, 0.1) is 6.92 Å². The van der Waals surface area contributed by atoms with E-state index in [9.17, 15) is 9.90 Å². The van der Waals surface area contributed by atoms with Crippen LogP contribution < -0.4 is 10.3 Å². The number of hydrogen-bond acceptors (Lipinski definition) is 4. The minimum Gasteiger partial charge on any atom is -0.508 e. The molecule has 1 aliphatic rings. The third-order valence-electron chi connectivity index (χ3n) is 5.59. The van der Waals surface area contributed by atoms with Crippen molar-refractivity contribution in [2.24, 2.45) is 5.10 Å². The summed E-state index contributed by atoms with van der Waals surface area (Å²) in [6, 6.07) is 10.5. The number of amides is 1. The summed E-state index contributed by atoms with van der Waals surface area (Å²) >= 11 is 0. The Balaban J connectivity index is 1.82. The Hall–Kier alpha value is -2.82. The molecule has 0 aliphatic carbocycles. The first-order valence-corrected chi connectivity index (χ1v) is 9.77. The average Bonchev–Trinajstić information content (AvgIpc) is 2.62. The van der Waals surface area contributed by atoms with Crippen molar-refractivity contribution in [2.75, 3.05) is 11.4 Å². The maximum absolute atomic E-state index is 12.2. The fraction of sp³-hybridized carbons (Fsp3) is 0.391. The summed E-state index contributed by atoms with van der Waals surface area (Å²) in [5.41, 5.74) is 7.92. The number of fused-ring (bicyclic) bond motifs is 1. The zero-order valence-corrected chi connectivity index (χ0v) is 17.3. The number of benzene rings is 2. The van der Waals surface area contributed by atoms with Crippen LogP contribution in [0.2, 0.25) is 0 Å². The van der Waals surface area contributed by atoms with Gasteiger partial charge in [0.15, 0.2) is 0 Å². The minimum absolute atomic E-state index is 0.128. The van der Waals surface area contributed by atoms with E-state index in [1.54, 1.807) is 18.3 Å². The van der Waals surface area contributed by atoms with E-state index >= 15 is 0 Å². The van der Waals surface area contributed by atoms with E-state index in [1.807, 2.05) is 0 Å². The molecule has 1 aliphatic heterocycles. The molecule has 148 valence electrons. The predicted octanol–water partition coefficient (Wildman–Crippen LogP) is 4.58. The molecule has 2 aromatic carbocycles. The van der Waals surface area contributed by atoms with Gasteiger partial charge < -0.3 is 10.0 Å². The van der Waals surface area contributed by atoms with Crippen LogP contribution in [0.5, 0.6) is 5.75 Å². The van der Waals surface area contributed by atoms with Crippen LogP contribution in [0.25, 0.3) is 0 Å². The lowest BCUT2D eigenvalue weighted by Crippen LogP contribution is -2.48. The van der Waals surface area contributed by atoms with E-state index in [-0.39, 0.29) is 17.2 Å². The predicted molar refractivity (Wildman–Crippen MR) is 114 cm³/mol. The highest BCUT2D eigenvalue weighted by Gasteiger charge is 2.35. The second-order valence-corrected chi connectivity index (χ2v) is 8.18. The van der Waals surface area contributed by atoms with E-state index in [2.05, 4.69) is 62.2 Å². The Labute approximate surface area is 167 Å². The highest BCUT2D eigenvalue weighted by molar-refractivity contribution is 5.95. The molecule has 0 saturated heterocycles. The normalized spacial score (nSPS) is 18.2. The van der Waals surface area contributed by atoms with Crippen molar-refractivity contribution >= 4 is 17.8 Å². The molecule has 28 heavy (non-hydrogen) atoms. The SMILES string of the molecule is CCN1c2cc(C)c(/C=N\NC(=O)c3ccc(O)cc3)cc2C(C)CC1(C)C. The van der Waals surface area contributed by atoms with Crippen LogP contribution in [0.15, 0.2) is 41.5 Å². The minimum atomic E-state index is -0.306. The van der Waals surface area contributed by atoms with E-state index in [0.717, 1.165) is 24.1 Å². The Morgan fingerprint density at radius 3 is 2.64 bits per heavy atom. The van der Waals surface area contributed by atoms with E-state index < -0.39 is 0 Å². The number of carbonyl (C=O) groups excluding carboxylic acids is 1. The number of anilines is 1. The Kier molecular flexibility index (Phi) is 5.45. The van der Waals surface area contributed by atoms with Gasteiger partial charge in [-0.25, -0.2) is 5.43 Å². The number of aryl methyl sites for hydroxylation is 1. The number of nitrogens with zero attached hydrogens (tertiary/aromatic N) is 2. The number of hydrazone groups is 1. The first-order chi connectivity index (χ1) is 13.2. The van der Waals surface area contributed by atoms with Gasteiger partial charge in [-0.1, -0.05) is 6.92 Å². The standard InChI is InChI=1S/C23H29N3O2/c1-6-26-21-11-15(2)18(12-20(21)16(3)13-23(26,4)5)14-24-25-22(28)17-7-9-19(27)10-8-17/h7-12,14,16,27H,6,13H2,1-5H3,(H,25,28)/b24-14-. The molecule has 1 atom stereocenters. The first-order valence-electron chi connectivity index (χ1n) is 9.77. The molecule has 0 saturated carbocycles. The molecule has 0 radical (unpaired) electrons. The third kappa shape index (κ3) is 3.88. The molecule has 0 spiro atoms. The van der Waals surface area contributed by atoms with Crippen LogP contribution in [-0.4, -0.2) is 29.3 Å². The Bertz CT molecular complexity index is 901. The molecule has 3 rings (SSSR count). The van der Waals surface area contributed by atoms with Crippen molar-refractivity contribution in [1.82, 2.24) is 5.43 Å². The van der Waals surface area contributed by atoms with Gasteiger partial charge in [0, 0.05) is 23.3 Å². The zero-order chi connectivity index (χ0) is 20.5. The van der Waals surface area contributed by atoms with Gasteiger partial charge >= 0.3 is 0 Å². The molecule has 0 aromatic heterocycles. The van der Waals surface area contributed by atoms with Gasteiger partial charge in [-0.15, -0.1) is 0 Å². The average molecular weight is 380 g/mol. The summed E-state index contributed by atoms with van der Waals surface area (Å²) in [6.07, 6.45) is 2.81. The third-order valence-corrected chi connectivity index (χ3v) is 5.59. The lowest BCUT2D eigenvalue weighted by Gasteiger charge is -2.47. The van der Waals surface area contributed by atoms with Crippen molar-refractivity contribution in [3.63, 3.8) is 0 Å². The van der Waals surface area contributed by atoms with Gasteiger partial charge in [0.25, 0.3) is 5.91 Å². The largest absolute Gasteiger partial charge is 0.508 e. The maximum atomic E-state index is 12.2. The van der Waals surface area contributed by atoms with E-state index in [4.69, 9.17) is 0 Å². The van der Waals surface area contributed by atoms with Crippen LogP contribution >= 0.6 is 0 Å². The summed E-state index contributed by atoms with van der Waals surface area (Å²) in [5.74, 6) is 0.287. The first kappa shape index (κ1) is 19.9. The van der Waals surface area contributed by atoms with E-state index in [1.165, 1.54) is 23.4 Å². The van der Waals surface area contributed by atoms with Crippen LogP contribution in [0.1, 0.15) is 67.1 Å². The van der Waals surface area contributed by atoms with Gasteiger partial charge in [-0.05, 0) is 93.1 Å². The van der Waals surface area contributed by atoms with Crippen LogP contribution in [0.4, 0.5) is 5.69 Å². The fourth-order valence-corrected chi connectivity index (χ4v) is 4.23. The molecule has 5 heteroatoms. The lowest BCUT2D eigenvalue weighted by molar-refractivity contribution is 0.0955. The van der Waals surface area contributed by atoms with Crippen molar-refractivity contribution < 1.29 is 9.90 Å². The van der Waals surface area contributed by atoms with Gasteiger partial charge in [0.1, 0.15) is 5.75 Å². The van der Waals surface area contributed by atoms with Crippen molar-refractivity contribution in [2.45, 2.75) is 52.5 Å². The van der Waals surface area contributed by atoms with Gasteiger partial charge in [-0.2, -0.15) is 5.10 Å². The number of phenols is 1. The number of rotatable bonds is 4. The maximum Gasteiger partial charge on any atom is 0.271 e. The van der Waals surface area contributed by atoms with Gasteiger partial charge in [-0.3, -0.25) is 4.79 Å². The van der Waals surface area contributed by atoms with Crippen molar-refractivity contribution in [1.29, 1.82) is 0 Å². The molecule has 2 aromatic rings. The Morgan fingerprint density at radius 2 is 2.00 bits per heavy atom. The van der Waals surface area contributed by atoms with Crippen LogP contribution in [-0.2, 0) is 0 Å². The monoisotopic (exact) mass is 379 g/mol. The topological polar surface area (TPSA) is 64.9 Å². The summed E-state index contributed by atoms with van der Waals surface area (Å²) in [7, 11) is 0.